The number of aromatic nitrogens is 1. The molecule has 0 fully saturated rings. The first-order valence-corrected chi connectivity index (χ1v) is 6.56. The lowest BCUT2D eigenvalue weighted by Crippen LogP contribution is -2.15. The summed E-state index contributed by atoms with van der Waals surface area (Å²) in [4.78, 5) is 4.64. The Morgan fingerprint density at radius 3 is 2.12 bits per heavy atom. The first kappa shape index (κ1) is 14.1. The second-order valence-electron chi connectivity index (χ2n) is 6.13. The fourth-order valence-corrected chi connectivity index (χ4v) is 2.26. The minimum atomic E-state index is 0.0151. The molecule has 17 heavy (non-hydrogen) atoms. The molecule has 0 aliphatic carbocycles. The third-order valence-corrected chi connectivity index (χ3v) is 3.27. The summed E-state index contributed by atoms with van der Waals surface area (Å²) in [5.74, 6) is 0. The fourth-order valence-electron chi connectivity index (χ4n) is 1.31. The van der Waals surface area contributed by atoms with Crippen molar-refractivity contribution in [3.8, 4) is 6.07 Å². The van der Waals surface area contributed by atoms with Crippen molar-refractivity contribution in [3.63, 3.8) is 0 Å². The van der Waals surface area contributed by atoms with Gasteiger partial charge in [0.25, 0.3) is 0 Å². The molecule has 0 atom stereocenters. The van der Waals surface area contributed by atoms with Gasteiger partial charge in [-0.1, -0.05) is 53.3 Å². The van der Waals surface area contributed by atoms with Crippen LogP contribution < -0.4 is 0 Å². The first-order valence-electron chi connectivity index (χ1n) is 5.74. The highest BCUT2D eigenvalue weighted by molar-refractivity contribution is 8.00. The van der Waals surface area contributed by atoms with Crippen molar-refractivity contribution in [1.82, 2.24) is 4.98 Å². The Hall–Kier alpha value is -1.01. The zero-order valence-corrected chi connectivity index (χ0v) is 12.3. The minimum Gasteiger partial charge on any atom is -0.245 e. The third kappa shape index (κ3) is 4.05. The molecule has 92 valence electrons. The van der Waals surface area contributed by atoms with E-state index in [2.05, 4.69) is 52.6 Å². The smallest absolute Gasteiger partial charge is 0.115 e. The average molecular weight is 248 g/mol. The first-order chi connectivity index (χ1) is 7.63. The number of hydrogen-bond donors (Lipinski definition) is 0. The van der Waals surface area contributed by atoms with Gasteiger partial charge in [0.05, 0.1) is 5.56 Å². The van der Waals surface area contributed by atoms with Crippen molar-refractivity contribution in [2.24, 2.45) is 0 Å². The molecule has 1 aromatic rings. The Kier molecular flexibility index (Phi) is 3.88. The highest BCUT2D eigenvalue weighted by atomic mass is 32.2. The molecule has 0 N–H and O–H groups in total. The molecule has 0 unspecified atom stereocenters. The number of rotatable bonds is 1. The van der Waals surface area contributed by atoms with Crippen molar-refractivity contribution < 1.29 is 0 Å². The number of nitrogens with zero attached hydrogens (tertiary/aromatic N) is 2. The Bertz CT molecular complexity index is 445. The zero-order chi connectivity index (χ0) is 13.3. The molecule has 0 amide bonds. The van der Waals surface area contributed by atoms with E-state index in [1.807, 2.05) is 12.1 Å². The van der Waals surface area contributed by atoms with E-state index < -0.39 is 0 Å². The average Bonchev–Trinajstić information content (AvgIpc) is 2.13. The van der Waals surface area contributed by atoms with Crippen LogP contribution in [0.3, 0.4) is 0 Å². The van der Waals surface area contributed by atoms with E-state index in [1.54, 1.807) is 11.8 Å². The highest BCUT2D eigenvalue weighted by Crippen LogP contribution is 2.34. The van der Waals surface area contributed by atoms with Crippen LogP contribution in [-0.2, 0) is 5.41 Å². The van der Waals surface area contributed by atoms with Crippen LogP contribution in [0.1, 0.15) is 52.8 Å². The molecule has 1 aromatic heterocycles. The van der Waals surface area contributed by atoms with Crippen LogP contribution in [0.15, 0.2) is 17.2 Å². The van der Waals surface area contributed by atoms with E-state index in [0.717, 1.165) is 10.7 Å². The van der Waals surface area contributed by atoms with Gasteiger partial charge >= 0.3 is 0 Å². The maximum Gasteiger partial charge on any atom is 0.115 e. The highest BCUT2D eigenvalue weighted by Gasteiger charge is 2.20. The summed E-state index contributed by atoms with van der Waals surface area (Å²) in [6, 6.07) is 6.04. The quantitative estimate of drug-likeness (QED) is 0.701. The van der Waals surface area contributed by atoms with Crippen LogP contribution in [0.4, 0.5) is 0 Å². The lowest BCUT2D eigenvalue weighted by Gasteiger charge is -2.22. The summed E-state index contributed by atoms with van der Waals surface area (Å²) in [6.07, 6.45) is 0. The van der Waals surface area contributed by atoms with Crippen LogP contribution in [-0.4, -0.2) is 9.73 Å². The third-order valence-electron chi connectivity index (χ3n) is 2.15. The molecule has 0 spiro atoms. The summed E-state index contributed by atoms with van der Waals surface area (Å²) >= 11 is 1.65. The lowest BCUT2D eigenvalue weighted by molar-refractivity contribution is 0.562. The Morgan fingerprint density at radius 2 is 1.71 bits per heavy atom. The van der Waals surface area contributed by atoms with Gasteiger partial charge in [0.2, 0.25) is 0 Å². The lowest BCUT2D eigenvalue weighted by atomic mass is 9.91. The van der Waals surface area contributed by atoms with E-state index in [0.29, 0.717) is 5.56 Å². The van der Waals surface area contributed by atoms with Crippen LogP contribution in [0.5, 0.6) is 0 Å². The monoisotopic (exact) mass is 248 g/mol. The van der Waals surface area contributed by atoms with Gasteiger partial charge in [-0.05, 0) is 12.1 Å². The van der Waals surface area contributed by atoms with Gasteiger partial charge < -0.3 is 0 Å². The van der Waals surface area contributed by atoms with Gasteiger partial charge in [0.1, 0.15) is 11.1 Å². The van der Waals surface area contributed by atoms with Gasteiger partial charge in [-0.2, -0.15) is 5.26 Å². The van der Waals surface area contributed by atoms with Crippen LogP contribution in [0.2, 0.25) is 0 Å². The number of hydrogen-bond acceptors (Lipinski definition) is 3. The standard InChI is InChI=1S/C14H20N2S/c1-13(2,3)11-8-7-10(9-15)12(16-11)17-14(4,5)6/h7-8H,1-6H3. The van der Waals surface area contributed by atoms with Crippen molar-refractivity contribution in [2.45, 2.75) is 56.7 Å². The van der Waals surface area contributed by atoms with Crippen molar-refractivity contribution >= 4 is 11.8 Å². The van der Waals surface area contributed by atoms with Crippen LogP contribution >= 0.6 is 11.8 Å². The molecule has 0 bridgehead atoms. The van der Waals surface area contributed by atoms with Gasteiger partial charge in [-0.25, -0.2) is 4.98 Å². The fraction of sp³-hybridized carbons (Fsp3) is 0.571. The maximum absolute atomic E-state index is 9.11. The Balaban J connectivity index is 3.22. The molecule has 1 heterocycles. The van der Waals surface area contributed by atoms with Gasteiger partial charge in [0, 0.05) is 15.9 Å². The predicted molar refractivity (Wildman–Crippen MR) is 73.3 cm³/mol. The molecular weight excluding hydrogens is 228 g/mol. The second-order valence-corrected chi connectivity index (χ2v) is 7.94. The van der Waals surface area contributed by atoms with E-state index in [4.69, 9.17) is 5.26 Å². The van der Waals surface area contributed by atoms with Gasteiger partial charge in [0.15, 0.2) is 0 Å². The number of thioether (sulfide) groups is 1. The number of pyridine rings is 1. The van der Waals surface area contributed by atoms with E-state index in [-0.39, 0.29) is 10.2 Å². The molecule has 0 radical (unpaired) electrons. The molecule has 0 saturated carbocycles. The number of nitriles is 1. The molecule has 1 rings (SSSR count). The summed E-state index contributed by atoms with van der Waals surface area (Å²) < 4.78 is 0.0646. The summed E-state index contributed by atoms with van der Waals surface area (Å²) in [6.45, 7) is 12.8. The Labute approximate surface area is 108 Å². The van der Waals surface area contributed by atoms with E-state index >= 15 is 0 Å². The topological polar surface area (TPSA) is 36.7 Å². The van der Waals surface area contributed by atoms with E-state index in [9.17, 15) is 0 Å². The predicted octanol–water partition coefficient (Wildman–Crippen LogP) is 4.14. The van der Waals surface area contributed by atoms with Crippen molar-refractivity contribution in [2.75, 3.05) is 0 Å². The molecular formula is C14H20N2S. The van der Waals surface area contributed by atoms with Crippen LogP contribution in [0.25, 0.3) is 0 Å². The second kappa shape index (κ2) is 4.70. The summed E-state index contributed by atoms with van der Waals surface area (Å²) in [7, 11) is 0. The molecule has 0 aliphatic rings. The van der Waals surface area contributed by atoms with Crippen molar-refractivity contribution in [1.29, 1.82) is 5.26 Å². The summed E-state index contributed by atoms with van der Waals surface area (Å²) in [5.41, 5.74) is 1.71. The molecule has 0 aliphatic heterocycles. The van der Waals surface area contributed by atoms with E-state index in [1.165, 1.54) is 0 Å². The zero-order valence-electron chi connectivity index (χ0n) is 11.5. The molecule has 0 aromatic carbocycles. The van der Waals surface area contributed by atoms with Gasteiger partial charge in [-0.15, -0.1) is 0 Å². The summed E-state index contributed by atoms with van der Waals surface area (Å²) in [5, 5.41) is 9.95. The maximum atomic E-state index is 9.11. The molecule has 0 saturated heterocycles. The van der Waals surface area contributed by atoms with Gasteiger partial charge in [-0.3, -0.25) is 0 Å². The molecule has 3 heteroatoms. The van der Waals surface area contributed by atoms with Crippen molar-refractivity contribution in [3.05, 3.63) is 23.4 Å². The molecule has 2 nitrogen and oxygen atoms in total. The normalized spacial score (nSPS) is 12.3. The minimum absolute atomic E-state index is 0.0151. The Morgan fingerprint density at radius 1 is 1.12 bits per heavy atom. The SMILES string of the molecule is CC(C)(C)Sc1nc(C(C)(C)C)ccc1C#N. The van der Waals surface area contributed by atoms with Crippen LogP contribution in [0, 0.1) is 11.3 Å². The largest absolute Gasteiger partial charge is 0.245 e.